The van der Waals surface area contributed by atoms with Crippen LogP contribution in [-0.4, -0.2) is 43.3 Å². The van der Waals surface area contributed by atoms with E-state index in [1.165, 1.54) is 11.9 Å². The Kier molecular flexibility index (Phi) is 5.41. The Hall–Kier alpha value is -0.980. The number of hydrogen-bond donors (Lipinski definition) is 2. The second kappa shape index (κ2) is 5.79. The predicted octanol–water partition coefficient (Wildman–Crippen LogP) is 0.927. The van der Waals surface area contributed by atoms with Crippen LogP contribution in [0.5, 0.6) is 0 Å². The van der Waals surface area contributed by atoms with Gasteiger partial charge in [0.2, 0.25) is 0 Å². The van der Waals surface area contributed by atoms with E-state index >= 15 is 0 Å². The lowest BCUT2D eigenvalue weighted by atomic mass is 10.2. The first-order chi connectivity index (χ1) is 6.72. The Labute approximate surface area is 86.6 Å². The Bertz CT molecular complexity index is 206. The van der Waals surface area contributed by atoms with E-state index in [2.05, 4.69) is 0 Å². The van der Waals surface area contributed by atoms with Gasteiger partial charge >= 0.3 is 12.2 Å². The summed E-state index contributed by atoms with van der Waals surface area (Å²) in [6.07, 6.45) is -3.83. The minimum absolute atomic E-state index is 0.0807. The molecule has 0 bridgehead atoms. The van der Waals surface area contributed by atoms with Gasteiger partial charge in [0.15, 0.2) is 0 Å². The number of halogens is 3. The monoisotopic (exact) mass is 227 g/mol. The molecule has 0 aromatic rings. The van der Waals surface area contributed by atoms with Gasteiger partial charge in [-0.05, 0) is 13.3 Å². The molecule has 0 heterocycles. The number of hydrogen-bond acceptors (Lipinski definition) is 2. The number of amides is 2. The number of nitrogens with one attached hydrogen (secondary N) is 1. The quantitative estimate of drug-likeness (QED) is 0.750. The molecule has 0 radical (unpaired) electrons. The van der Waals surface area contributed by atoms with Crippen LogP contribution in [-0.2, 0) is 0 Å². The van der Waals surface area contributed by atoms with Gasteiger partial charge in [0.1, 0.15) is 6.54 Å². The average molecular weight is 227 g/mol. The molecule has 0 aromatic carbocycles. The fraction of sp³-hybridized carbons (Fsp3) is 0.875. The molecule has 2 amide bonds. The summed E-state index contributed by atoms with van der Waals surface area (Å²) < 4.78 is 35.2. The van der Waals surface area contributed by atoms with Crippen LogP contribution in [0.3, 0.4) is 0 Å². The van der Waals surface area contributed by atoms with Crippen molar-refractivity contribution < 1.29 is 18.0 Å². The van der Waals surface area contributed by atoms with Crippen molar-refractivity contribution in [3.05, 3.63) is 0 Å². The Morgan fingerprint density at radius 3 is 2.47 bits per heavy atom. The first-order valence-electron chi connectivity index (χ1n) is 4.53. The zero-order valence-corrected chi connectivity index (χ0v) is 8.77. The molecule has 0 rings (SSSR count). The summed E-state index contributed by atoms with van der Waals surface area (Å²) in [4.78, 5) is 12.3. The van der Waals surface area contributed by atoms with Gasteiger partial charge < -0.3 is 16.0 Å². The van der Waals surface area contributed by atoms with Gasteiger partial charge in [-0.15, -0.1) is 0 Å². The molecule has 0 aromatic heterocycles. The van der Waals surface area contributed by atoms with Crippen LogP contribution in [0.2, 0.25) is 0 Å². The SMILES string of the molecule is CC(N)CCN(C)C(=O)NCC(F)(F)F. The van der Waals surface area contributed by atoms with Crippen molar-refractivity contribution in [3.63, 3.8) is 0 Å². The summed E-state index contributed by atoms with van der Waals surface area (Å²) in [5.41, 5.74) is 5.45. The van der Waals surface area contributed by atoms with Gasteiger partial charge in [0.25, 0.3) is 0 Å². The van der Waals surface area contributed by atoms with Crippen LogP contribution < -0.4 is 11.1 Å². The summed E-state index contributed by atoms with van der Waals surface area (Å²) in [6.45, 7) is 0.789. The zero-order chi connectivity index (χ0) is 12.1. The topological polar surface area (TPSA) is 58.4 Å². The molecular weight excluding hydrogens is 211 g/mol. The van der Waals surface area contributed by atoms with Crippen LogP contribution in [0.15, 0.2) is 0 Å². The van der Waals surface area contributed by atoms with Gasteiger partial charge in [-0.2, -0.15) is 13.2 Å². The van der Waals surface area contributed by atoms with Crippen LogP contribution in [0, 0.1) is 0 Å². The largest absolute Gasteiger partial charge is 0.405 e. The highest BCUT2D eigenvalue weighted by Gasteiger charge is 2.28. The molecule has 1 unspecified atom stereocenters. The number of alkyl halides is 3. The number of carbonyl (C=O) groups excluding carboxylic acids is 1. The second-order valence-corrected chi connectivity index (χ2v) is 3.46. The van der Waals surface area contributed by atoms with Crippen molar-refractivity contribution in [2.24, 2.45) is 5.73 Å². The van der Waals surface area contributed by atoms with Crippen molar-refractivity contribution in [2.45, 2.75) is 25.6 Å². The standard InChI is InChI=1S/C8H16F3N3O/c1-6(12)3-4-14(2)7(15)13-5-8(9,10)11/h6H,3-5,12H2,1-2H3,(H,13,15). The minimum Gasteiger partial charge on any atom is -0.329 e. The van der Waals surface area contributed by atoms with Crippen molar-refractivity contribution in [2.75, 3.05) is 20.1 Å². The van der Waals surface area contributed by atoms with E-state index in [1.807, 2.05) is 0 Å². The lowest BCUT2D eigenvalue weighted by molar-refractivity contribution is -0.123. The maximum atomic E-state index is 11.7. The van der Waals surface area contributed by atoms with E-state index in [1.54, 1.807) is 12.2 Å². The lowest BCUT2D eigenvalue weighted by Gasteiger charge is -2.19. The molecule has 0 saturated carbocycles. The normalized spacial score (nSPS) is 13.5. The molecule has 0 aliphatic heterocycles. The molecule has 0 aliphatic carbocycles. The third kappa shape index (κ3) is 8.04. The van der Waals surface area contributed by atoms with E-state index in [9.17, 15) is 18.0 Å². The number of nitrogens with two attached hydrogens (primary N) is 1. The molecule has 0 fully saturated rings. The maximum absolute atomic E-state index is 11.7. The molecule has 1 atom stereocenters. The Balaban J connectivity index is 3.80. The smallest absolute Gasteiger partial charge is 0.329 e. The fourth-order valence-electron chi connectivity index (χ4n) is 0.810. The highest BCUT2D eigenvalue weighted by Crippen LogP contribution is 2.12. The first kappa shape index (κ1) is 14.0. The first-order valence-corrected chi connectivity index (χ1v) is 4.53. The molecule has 7 heteroatoms. The summed E-state index contributed by atoms with van der Waals surface area (Å²) in [6, 6.07) is -0.823. The van der Waals surface area contributed by atoms with E-state index in [4.69, 9.17) is 5.73 Å². The van der Waals surface area contributed by atoms with Crippen molar-refractivity contribution in [1.82, 2.24) is 10.2 Å². The Morgan fingerprint density at radius 1 is 1.53 bits per heavy atom. The number of urea groups is 1. The molecule has 90 valence electrons. The van der Waals surface area contributed by atoms with Gasteiger partial charge in [-0.3, -0.25) is 0 Å². The maximum Gasteiger partial charge on any atom is 0.405 e. The third-order valence-corrected chi connectivity index (χ3v) is 1.71. The van der Waals surface area contributed by atoms with E-state index < -0.39 is 18.8 Å². The molecule has 0 saturated heterocycles. The Morgan fingerprint density at radius 2 is 2.07 bits per heavy atom. The highest BCUT2D eigenvalue weighted by atomic mass is 19.4. The lowest BCUT2D eigenvalue weighted by Crippen LogP contribution is -2.42. The molecule has 0 aliphatic rings. The van der Waals surface area contributed by atoms with Crippen molar-refractivity contribution >= 4 is 6.03 Å². The molecular formula is C8H16F3N3O. The summed E-state index contributed by atoms with van der Waals surface area (Å²) in [5, 5.41) is 1.77. The fourth-order valence-corrected chi connectivity index (χ4v) is 0.810. The number of nitrogens with zero attached hydrogens (tertiary/aromatic N) is 1. The van der Waals surface area contributed by atoms with Crippen molar-refractivity contribution in [3.8, 4) is 0 Å². The summed E-state index contributed by atoms with van der Waals surface area (Å²) >= 11 is 0. The predicted molar refractivity (Wildman–Crippen MR) is 50.4 cm³/mol. The van der Waals surface area contributed by atoms with Gasteiger partial charge in [-0.25, -0.2) is 4.79 Å². The van der Waals surface area contributed by atoms with Gasteiger partial charge in [0.05, 0.1) is 0 Å². The number of carbonyl (C=O) groups is 1. The molecule has 0 spiro atoms. The average Bonchev–Trinajstić information content (AvgIpc) is 2.08. The zero-order valence-electron chi connectivity index (χ0n) is 8.77. The van der Waals surface area contributed by atoms with E-state index in [0.29, 0.717) is 13.0 Å². The third-order valence-electron chi connectivity index (χ3n) is 1.71. The minimum atomic E-state index is -4.38. The van der Waals surface area contributed by atoms with E-state index in [-0.39, 0.29) is 6.04 Å². The van der Waals surface area contributed by atoms with Crippen LogP contribution in [0.1, 0.15) is 13.3 Å². The van der Waals surface area contributed by atoms with Crippen LogP contribution in [0.4, 0.5) is 18.0 Å². The van der Waals surface area contributed by atoms with Gasteiger partial charge in [0, 0.05) is 19.6 Å². The summed E-state index contributed by atoms with van der Waals surface area (Å²) in [5.74, 6) is 0. The summed E-state index contributed by atoms with van der Waals surface area (Å²) in [7, 11) is 1.42. The van der Waals surface area contributed by atoms with Crippen molar-refractivity contribution in [1.29, 1.82) is 0 Å². The van der Waals surface area contributed by atoms with Gasteiger partial charge in [-0.1, -0.05) is 0 Å². The highest BCUT2D eigenvalue weighted by molar-refractivity contribution is 5.73. The van der Waals surface area contributed by atoms with Crippen LogP contribution >= 0.6 is 0 Å². The second-order valence-electron chi connectivity index (χ2n) is 3.46. The van der Waals surface area contributed by atoms with E-state index in [0.717, 1.165) is 0 Å². The van der Waals surface area contributed by atoms with Crippen LogP contribution in [0.25, 0.3) is 0 Å². The number of rotatable bonds is 4. The molecule has 4 nitrogen and oxygen atoms in total. The molecule has 3 N–H and O–H groups in total. The molecule has 15 heavy (non-hydrogen) atoms.